The lowest BCUT2D eigenvalue weighted by molar-refractivity contribution is -0.124. The molecule has 0 saturated heterocycles. The van der Waals surface area contributed by atoms with Gasteiger partial charge in [0.1, 0.15) is 10.6 Å². The highest BCUT2D eigenvalue weighted by molar-refractivity contribution is 7.12. The van der Waals surface area contributed by atoms with E-state index in [-0.39, 0.29) is 28.8 Å². The van der Waals surface area contributed by atoms with Crippen LogP contribution in [-0.2, 0) is 4.79 Å². The number of thiophene rings is 1. The van der Waals surface area contributed by atoms with Gasteiger partial charge in [0.15, 0.2) is 0 Å². The van der Waals surface area contributed by atoms with Crippen molar-refractivity contribution in [3.05, 3.63) is 34.7 Å². The summed E-state index contributed by atoms with van der Waals surface area (Å²) in [5.41, 5.74) is 0.555. The van der Waals surface area contributed by atoms with E-state index in [1.165, 1.54) is 11.3 Å². The van der Waals surface area contributed by atoms with Crippen LogP contribution in [-0.4, -0.2) is 41.2 Å². The van der Waals surface area contributed by atoms with E-state index in [0.29, 0.717) is 17.5 Å². The fourth-order valence-corrected chi connectivity index (χ4v) is 5.76. The van der Waals surface area contributed by atoms with Gasteiger partial charge in [0.25, 0.3) is 0 Å². The minimum Gasteiger partial charge on any atom is -0.490 e. The number of carbonyl (C=O) groups excluding carboxylic acids is 1. The Morgan fingerprint density at radius 1 is 1.09 bits per heavy atom. The number of rotatable bonds is 7. The molecule has 0 aliphatic heterocycles. The van der Waals surface area contributed by atoms with E-state index >= 15 is 0 Å². The van der Waals surface area contributed by atoms with Crippen LogP contribution in [0.3, 0.4) is 0 Å². The smallest absolute Gasteiger partial charge is 0.348 e. The average molecular weight is 473 g/mol. The summed E-state index contributed by atoms with van der Waals surface area (Å²) in [5, 5.41) is 11.5. The van der Waals surface area contributed by atoms with Gasteiger partial charge in [-0.3, -0.25) is 4.79 Å². The lowest BCUT2D eigenvalue weighted by atomic mass is 9.81. The number of methoxy groups -OCH3 is 1. The number of ether oxygens (including phenoxy) is 2. The number of amides is 1. The van der Waals surface area contributed by atoms with E-state index in [0.717, 1.165) is 57.1 Å². The molecule has 2 fully saturated rings. The van der Waals surface area contributed by atoms with Crippen LogP contribution in [0.2, 0.25) is 0 Å². The second-order valence-corrected chi connectivity index (χ2v) is 10.1. The minimum absolute atomic E-state index is 0.0172. The number of aromatic carboxylic acids is 1. The summed E-state index contributed by atoms with van der Waals surface area (Å²) in [6.07, 6.45) is 8.72. The van der Waals surface area contributed by atoms with Crippen LogP contribution in [0.5, 0.6) is 11.6 Å². The fourth-order valence-electron chi connectivity index (χ4n) is 5.04. The monoisotopic (exact) mass is 472 g/mol. The Balaban J connectivity index is 1.48. The normalized spacial score (nSPS) is 25.3. The van der Waals surface area contributed by atoms with Crippen LogP contribution in [0.15, 0.2) is 29.8 Å². The zero-order chi connectivity index (χ0) is 23.4. The van der Waals surface area contributed by atoms with Gasteiger partial charge in [0.2, 0.25) is 11.8 Å². The van der Waals surface area contributed by atoms with E-state index in [9.17, 15) is 14.7 Å². The first-order chi connectivity index (χ1) is 16.0. The van der Waals surface area contributed by atoms with Crippen molar-refractivity contribution in [3.8, 4) is 11.6 Å². The highest BCUT2D eigenvalue weighted by Gasteiger charge is 2.37. The Hall–Kier alpha value is -2.61. The molecule has 0 spiro atoms. The number of hydrogen-bond acceptors (Lipinski definition) is 6. The number of carbonyl (C=O) groups is 2. The standard InChI is InChI=1S/C25H32N2O5S/c1-16-3-5-17(6-4-16)24(28)27(21-12-14-33-23(21)25(29)30)18-7-9-19(10-8-18)32-20-11-13-26-22(15-20)31-2/h11-19H,3-10H2,1-2H3,(H,29,30). The SMILES string of the molecule is COc1cc(OC2CCC(N(C(=O)C3CCC(C)CC3)c3ccsc3C(=O)O)CC2)ccn1. The molecule has 0 unspecified atom stereocenters. The Labute approximate surface area is 198 Å². The van der Waals surface area contributed by atoms with Gasteiger partial charge in [-0.05, 0) is 74.8 Å². The minimum atomic E-state index is -0.973. The second kappa shape index (κ2) is 10.5. The average Bonchev–Trinajstić information content (AvgIpc) is 3.31. The number of carboxylic acids is 1. The quantitative estimate of drug-likeness (QED) is 0.580. The molecule has 2 saturated carbocycles. The maximum atomic E-state index is 13.7. The Bertz CT molecular complexity index is 961. The van der Waals surface area contributed by atoms with Gasteiger partial charge >= 0.3 is 5.97 Å². The fraction of sp³-hybridized carbons (Fsp3) is 0.560. The second-order valence-electron chi connectivity index (χ2n) is 9.19. The number of nitrogens with zero attached hydrogens (tertiary/aromatic N) is 2. The number of anilines is 1. The van der Waals surface area contributed by atoms with Crippen molar-refractivity contribution in [2.24, 2.45) is 11.8 Å². The van der Waals surface area contributed by atoms with Gasteiger partial charge in [0.05, 0.1) is 18.9 Å². The molecule has 178 valence electrons. The van der Waals surface area contributed by atoms with Crippen molar-refractivity contribution in [2.45, 2.75) is 70.4 Å². The van der Waals surface area contributed by atoms with Crippen molar-refractivity contribution >= 4 is 28.9 Å². The topological polar surface area (TPSA) is 89.0 Å². The molecule has 1 amide bonds. The van der Waals surface area contributed by atoms with Gasteiger partial charge in [-0.15, -0.1) is 11.3 Å². The summed E-state index contributed by atoms with van der Waals surface area (Å²) in [7, 11) is 1.58. The Morgan fingerprint density at radius 3 is 2.48 bits per heavy atom. The van der Waals surface area contributed by atoms with Crippen molar-refractivity contribution in [2.75, 3.05) is 12.0 Å². The van der Waals surface area contributed by atoms with Crippen LogP contribution < -0.4 is 14.4 Å². The van der Waals surface area contributed by atoms with Crippen LogP contribution in [0, 0.1) is 11.8 Å². The van der Waals surface area contributed by atoms with Gasteiger partial charge in [0, 0.05) is 24.2 Å². The number of aromatic nitrogens is 1. The molecule has 0 radical (unpaired) electrons. The summed E-state index contributed by atoms with van der Waals surface area (Å²) < 4.78 is 11.3. The molecule has 0 aromatic carbocycles. The van der Waals surface area contributed by atoms with Crippen LogP contribution in [0.4, 0.5) is 5.69 Å². The Kier molecular flexibility index (Phi) is 7.53. The molecule has 1 N–H and O–H groups in total. The largest absolute Gasteiger partial charge is 0.490 e. The highest BCUT2D eigenvalue weighted by Crippen LogP contribution is 2.38. The molecular formula is C25H32N2O5S. The van der Waals surface area contributed by atoms with Gasteiger partial charge in [-0.25, -0.2) is 9.78 Å². The molecule has 0 bridgehead atoms. The Morgan fingerprint density at radius 2 is 1.82 bits per heavy atom. The molecule has 8 heteroatoms. The van der Waals surface area contributed by atoms with Crippen molar-refractivity contribution in [1.82, 2.24) is 4.98 Å². The van der Waals surface area contributed by atoms with E-state index in [1.807, 2.05) is 11.0 Å². The zero-order valence-corrected chi connectivity index (χ0v) is 20.1. The van der Waals surface area contributed by atoms with Gasteiger partial charge < -0.3 is 19.5 Å². The molecule has 2 aliphatic carbocycles. The lowest BCUT2D eigenvalue weighted by Gasteiger charge is -2.39. The lowest BCUT2D eigenvalue weighted by Crippen LogP contribution is -2.47. The maximum Gasteiger partial charge on any atom is 0.348 e. The third-order valence-corrected chi connectivity index (χ3v) is 7.82. The summed E-state index contributed by atoms with van der Waals surface area (Å²) in [4.78, 5) is 31.7. The molecule has 7 nitrogen and oxygen atoms in total. The van der Waals surface area contributed by atoms with Crippen molar-refractivity contribution in [3.63, 3.8) is 0 Å². The molecular weight excluding hydrogens is 440 g/mol. The van der Waals surface area contributed by atoms with Crippen molar-refractivity contribution < 1.29 is 24.2 Å². The number of hydrogen-bond donors (Lipinski definition) is 1. The number of carboxylic acid groups (broad SMARTS) is 1. The molecule has 0 atom stereocenters. The zero-order valence-electron chi connectivity index (χ0n) is 19.2. The molecule has 33 heavy (non-hydrogen) atoms. The van der Waals surface area contributed by atoms with Crippen molar-refractivity contribution in [1.29, 1.82) is 0 Å². The predicted octanol–water partition coefficient (Wildman–Crippen LogP) is 5.40. The van der Waals surface area contributed by atoms with Gasteiger partial charge in [-0.2, -0.15) is 0 Å². The molecule has 2 aromatic heterocycles. The van der Waals surface area contributed by atoms with Crippen LogP contribution in [0.1, 0.15) is 68.0 Å². The summed E-state index contributed by atoms with van der Waals surface area (Å²) in [6, 6.07) is 5.37. The summed E-state index contributed by atoms with van der Waals surface area (Å²) in [5.74, 6) is 0.974. The number of pyridine rings is 1. The predicted molar refractivity (Wildman–Crippen MR) is 127 cm³/mol. The van der Waals surface area contributed by atoms with Gasteiger partial charge in [-0.1, -0.05) is 6.92 Å². The van der Waals surface area contributed by atoms with Crippen LogP contribution in [0.25, 0.3) is 0 Å². The first-order valence-electron chi connectivity index (χ1n) is 11.8. The highest BCUT2D eigenvalue weighted by atomic mass is 32.1. The summed E-state index contributed by atoms with van der Waals surface area (Å²) >= 11 is 1.18. The molecule has 4 rings (SSSR count). The van der Waals surface area contributed by atoms with E-state index < -0.39 is 5.97 Å². The van der Waals surface area contributed by atoms with Crippen LogP contribution >= 0.6 is 11.3 Å². The van der Waals surface area contributed by atoms with E-state index in [4.69, 9.17) is 9.47 Å². The third kappa shape index (κ3) is 5.49. The molecule has 2 aliphatic rings. The van der Waals surface area contributed by atoms with E-state index in [1.54, 1.807) is 30.8 Å². The first-order valence-corrected chi connectivity index (χ1v) is 12.6. The van der Waals surface area contributed by atoms with E-state index in [2.05, 4.69) is 11.9 Å². The third-order valence-electron chi connectivity index (χ3n) is 6.93. The first kappa shape index (κ1) is 23.5. The summed E-state index contributed by atoms with van der Waals surface area (Å²) in [6.45, 7) is 2.24. The maximum absolute atomic E-state index is 13.7. The molecule has 2 heterocycles. The molecule has 2 aromatic rings.